The number of carbonyl (C=O) groups is 3. The van der Waals surface area contributed by atoms with Crippen molar-refractivity contribution in [2.75, 3.05) is 4.90 Å². The lowest BCUT2D eigenvalue weighted by molar-refractivity contribution is -0.274. The minimum Gasteiger partial charge on any atom is -0.481 e. The number of hydrogen-bond acceptors (Lipinski definition) is 4. The molecule has 0 aromatic heterocycles. The van der Waals surface area contributed by atoms with Crippen LogP contribution in [0, 0.1) is 5.92 Å². The van der Waals surface area contributed by atoms with Crippen LogP contribution in [0.1, 0.15) is 66.9 Å². The number of alkyl halides is 3. The van der Waals surface area contributed by atoms with Crippen LogP contribution in [0.15, 0.2) is 42.5 Å². The Morgan fingerprint density at radius 3 is 2.37 bits per heavy atom. The van der Waals surface area contributed by atoms with Gasteiger partial charge in [0.1, 0.15) is 5.75 Å². The van der Waals surface area contributed by atoms with Gasteiger partial charge in [-0.3, -0.25) is 14.4 Å². The molecular weight excluding hydrogens is 525 g/mol. The highest BCUT2D eigenvalue weighted by Gasteiger charge is 2.51. The predicted molar refractivity (Wildman–Crippen MR) is 132 cm³/mol. The third-order valence-corrected chi connectivity index (χ3v) is 7.71. The van der Waals surface area contributed by atoms with E-state index in [-0.39, 0.29) is 54.3 Å². The second-order valence-electron chi connectivity index (χ2n) is 9.98. The molecule has 11 heteroatoms. The first-order valence-electron chi connectivity index (χ1n) is 12.6. The number of hydrogen-bond donors (Lipinski definition) is 1. The Hall–Kier alpha value is -3.27. The Morgan fingerprint density at radius 1 is 1.03 bits per heavy atom. The molecule has 2 aromatic carbocycles. The molecule has 2 fully saturated rings. The summed E-state index contributed by atoms with van der Waals surface area (Å²) in [5.74, 6) is -2.12. The molecule has 2 amide bonds. The lowest BCUT2D eigenvalue weighted by Crippen LogP contribution is -2.53. The molecule has 202 valence electrons. The zero-order valence-electron chi connectivity index (χ0n) is 20.3. The molecule has 2 aliphatic carbocycles. The fourth-order valence-electron chi connectivity index (χ4n) is 5.88. The maximum absolute atomic E-state index is 13.8. The van der Waals surface area contributed by atoms with Gasteiger partial charge in [-0.2, -0.15) is 0 Å². The third-order valence-electron chi connectivity index (χ3n) is 7.47. The lowest BCUT2D eigenvalue weighted by Gasteiger charge is -2.48. The molecule has 1 aliphatic heterocycles. The average Bonchev–Trinajstić information content (AvgIpc) is 3.57. The number of halogens is 4. The molecule has 0 spiro atoms. The highest BCUT2D eigenvalue weighted by Crippen LogP contribution is 2.53. The Labute approximate surface area is 222 Å². The summed E-state index contributed by atoms with van der Waals surface area (Å²) in [5.41, 5.74) is 1.52. The van der Waals surface area contributed by atoms with E-state index in [0.29, 0.717) is 17.1 Å². The van der Waals surface area contributed by atoms with Gasteiger partial charge in [-0.25, -0.2) is 0 Å². The zero-order chi connectivity index (χ0) is 27.2. The molecule has 0 unspecified atom stereocenters. The van der Waals surface area contributed by atoms with Crippen molar-refractivity contribution in [2.24, 2.45) is 5.92 Å². The zero-order valence-corrected chi connectivity index (χ0v) is 21.0. The summed E-state index contributed by atoms with van der Waals surface area (Å²) in [6, 6.07) is 9.47. The Kier molecular flexibility index (Phi) is 7.02. The molecule has 0 radical (unpaired) electrons. The van der Waals surface area contributed by atoms with E-state index in [1.165, 1.54) is 12.1 Å². The number of carboxylic acid groups (broad SMARTS) is 1. The van der Waals surface area contributed by atoms with Gasteiger partial charge in [-0.15, -0.1) is 13.2 Å². The van der Waals surface area contributed by atoms with Gasteiger partial charge in [0, 0.05) is 35.0 Å². The van der Waals surface area contributed by atoms with Crippen molar-refractivity contribution in [2.45, 2.75) is 69.4 Å². The molecule has 0 bridgehead atoms. The van der Waals surface area contributed by atoms with Crippen LogP contribution in [0.5, 0.6) is 5.75 Å². The van der Waals surface area contributed by atoms with E-state index in [4.69, 9.17) is 16.7 Å². The van der Waals surface area contributed by atoms with E-state index >= 15 is 0 Å². The van der Waals surface area contributed by atoms with Gasteiger partial charge in [0.05, 0.1) is 18.2 Å². The summed E-state index contributed by atoms with van der Waals surface area (Å²) in [6.07, 6.45) is -1.22. The molecule has 2 aromatic rings. The number of nitrogens with zero attached hydrogens (tertiary/aromatic N) is 2. The van der Waals surface area contributed by atoms with Crippen molar-refractivity contribution in [3.63, 3.8) is 0 Å². The maximum Gasteiger partial charge on any atom is 0.573 e. The van der Waals surface area contributed by atoms with E-state index in [1.54, 1.807) is 17.0 Å². The number of amides is 2. The fraction of sp³-hybridized carbons (Fsp3) is 0.444. The van der Waals surface area contributed by atoms with Crippen LogP contribution in [0.3, 0.4) is 0 Å². The lowest BCUT2D eigenvalue weighted by atomic mass is 9.81. The molecule has 38 heavy (non-hydrogen) atoms. The molecule has 3 atom stereocenters. The quantitative estimate of drug-likeness (QED) is 0.459. The summed E-state index contributed by atoms with van der Waals surface area (Å²) in [5, 5.41) is 9.53. The molecule has 3 aliphatic rings. The first-order valence-corrected chi connectivity index (χ1v) is 12.9. The number of rotatable bonds is 7. The van der Waals surface area contributed by atoms with Crippen molar-refractivity contribution in [1.29, 1.82) is 0 Å². The largest absolute Gasteiger partial charge is 0.573 e. The second-order valence-corrected chi connectivity index (χ2v) is 10.4. The first kappa shape index (κ1) is 26.3. The normalized spacial score (nSPS) is 22.4. The van der Waals surface area contributed by atoms with Gasteiger partial charge >= 0.3 is 12.3 Å². The van der Waals surface area contributed by atoms with Crippen LogP contribution in [0.25, 0.3) is 0 Å². The van der Waals surface area contributed by atoms with Gasteiger partial charge in [0.2, 0.25) is 5.91 Å². The number of anilines is 1. The highest BCUT2D eigenvalue weighted by atomic mass is 35.5. The van der Waals surface area contributed by atoms with Gasteiger partial charge in [0.15, 0.2) is 0 Å². The topological polar surface area (TPSA) is 87.2 Å². The van der Waals surface area contributed by atoms with E-state index in [9.17, 15) is 27.6 Å². The second kappa shape index (κ2) is 10.1. The third kappa shape index (κ3) is 5.32. The molecule has 1 N–H and O–H groups in total. The van der Waals surface area contributed by atoms with E-state index in [2.05, 4.69) is 4.74 Å². The van der Waals surface area contributed by atoms with Gasteiger partial charge in [0.25, 0.3) is 5.91 Å². The van der Waals surface area contributed by atoms with E-state index in [0.717, 1.165) is 43.4 Å². The summed E-state index contributed by atoms with van der Waals surface area (Å²) >= 11 is 6.36. The molecular formula is C27H26ClF3N2O5. The van der Waals surface area contributed by atoms with Gasteiger partial charge < -0.3 is 19.6 Å². The van der Waals surface area contributed by atoms with E-state index in [1.807, 2.05) is 11.0 Å². The standard InChI is InChI=1S/C27H26ClF3N2O5/c28-16-6-11-20-22(14-16)33(26(37)15-4-9-18(10-5-15)38-27(29,30)31)21-3-1-2-19(21)25(20)32(17-7-8-17)23(34)12-13-24(35)36/h4-6,9-11,14,17,19,21,25H,1-3,7-8,12-13H2,(H,35,36)/t19-,21+,25+/m0/s1. The van der Waals surface area contributed by atoms with Crippen LogP contribution >= 0.6 is 11.6 Å². The maximum atomic E-state index is 13.8. The molecule has 1 heterocycles. The Balaban J connectivity index is 1.52. The summed E-state index contributed by atoms with van der Waals surface area (Å²) in [6.45, 7) is 0. The Morgan fingerprint density at radius 2 is 1.74 bits per heavy atom. The molecule has 5 rings (SSSR count). The van der Waals surface area contributed by atoms with Gasteiger partial charge in [-0.05, 0) is 67.6 Å². The molecule has 2 saturated carbocycles. The molecule has 0 saturated heterocycles. The highest BCUT2D eigenvalue weighted by molar-refractivity contribution is 6.31. The van der Waals surface area contributed by atoms with Crippen LogP contribution in [-0.2, 0) is 9.59 Å². The number of benzene rings is 2. The average molecular weight is 551 g/mol. The predicted octanol–water partition coefficient (Wildman–Crippen LogP) is 5.96. The monoisotopic (exact) mass is 550 g/mol. The van der Waals surface area contributed by atoms with Crippen LogP contribution in [-0.4, -0.2) is 46.2 Å². The van der Waals surface area contributed by atoms with Gasteiger partial charge in [-0.1, -0.05) is 24.1 Å². The summed E-state index contributed by atoms with van der Waals surface area (Å²) < 4.78 is 41.7. The van der Waals surface area contributed by atoms with Crippen molar-refractivity contribution in [3.8, 4) is 5.75 Å². The summed E-state index contributed by atoms with van der Waals surface area (Å²) in [4.78, 5) is 41.8. The SMILES string of the molecule is O=C(O)CCC(=O)N(C1CC1)[C@H]1c2ccc(Cl)cc2N(C(=O)c2ccc(OC(F)(F)F)cc2)[C@@H]2CCC[C@@H]21. The van der Waals surface area contributed by atoms with Crippen molar-refractivity contribution in [1.82, 2.24) is 4.90 Å². The van der Waals surface area contributed by atoms with E-state index < -0.39 is 18.1 Å². The number of aliphatic carboxylic acids is 1. The summed E-state index contributed by atoms with van der Waals surface area (Å²) in [7, 11) is 0. The van der Waals surface area contributed by atoms with Crippen molar-refractivity contribution >= 4 is 35.1 Å². The minimum atomic E-state index is -4.84. The van der Waals surface area contributed by atoms with Crippen LogP contribution in [0.2, 0.25) is 5.02 Å². The van der Waals surface area contributed by atoms with Crippen LogP contribution in [0.4, 0.5) is 18.9 Å². The van der Waals surface area contributed by atoms with Crippen LogP contribution < -0.4 is 9.64 Å². The number of ether oxygens (including phenoxy) is 1. The fourth-order valence-corrected chi connectivity index (χ4v) is 6.05. The smallest absolute Gasteiger partial charge is 0.481 e. The number of carboxylic acids is 1. The first-order chi connectivity index (χ1) is 18.0. The molecule has 7 nitrogen and oxygen atoms in total. The number of fused-ring (bicyclic) bond motifs is 2. The minimum absolute atomic E-state index is 0.0227. The Bertz CT molecular complexity index is 1250. The number of carbonyl (C=O) groups excluding carboxylic acids is 2. The van der Waals surface area contributed by atoms with Crippen molar-refractivity contribution in [3.05, 3.63) is 58.6 Å². The van der Waals surface area contributed by atoms with Crippen molar-refractivity contribution < 1.29 is 37.4 Å².